The molecule has 1 aromatic carbocycles. The summed E-state index contributed by atoms with van der Waals surface area (Å²) in [4.78, 5) is 10.9. The first kappa shape index (κ1) is 14.4. The van der Waals surface area contributed by atoms with Crippen LogP contribution in [0.3, 0.4) is 0 Å². The molecule has 106 valence electrons. The van der Waals surface area contributed by atoms with E-state index in [4.69, 9.17) is 5.73 Å². The van der Waals surface area contributed by atoms with Gasteiger partial charge in [0.15, 0.2) is 5.01 Å². The molecule has 0 fully saturated rings. The zero-order chi connectivity index (χ0) is 14.7. The molecular weight excluding hydrogens is 280 g/mol. The van der Waals surface area contributed by atoms with E-state index in [1.807, 2.05) is 0 Å². The van der Waals surface area contributed by atoms with Gasteiger partial charge in [-0.3, -0.25) is 4.79 Å². The minimum atomic E-state index is -1.24. The van der Waals surface area contributed by atoms with Crippen molar-refractivity contribution in [2.75, 3.05) is 11.1 Å². The van der Waals surface area contributed by atoms with Gasteiger partial charge in [-0.25, -0.2) is 0 Å². The smallest absolute Gasteiger partial charge is 0.223 e. The number of nitrogens with zero attached hydrogens (tertiary/aromatic N) is 2. The van der Waals surface area contributed by atoms with Crippen LogP contribution in [0.5, 0.6) is 0 Å². The minimum Gasteiger partial charge on any atom is -0.399 e. The lowest BCUT2D eigenvalue weighted by molar-refractivity contribution is -0.114. The summed E-state index contributed by atoms with van der Waals surface area (Å²) < 4.78 is 0. The van der Waals surface area contributed by atoms with E-state index >= 15 is 0 Å². The highest BCUT2D eigenvalue weighted by Gasteiger charge is 2.24. The minimum absolute atomic E-state index is 0.212. The normalized spacial score (nSPS) is 13.8. The number of hydrogen-bond donors (Lipinski definition) is 4. The first-order valence-corrected chi connectivity index (χ1v) is 6.61. The van der Waals surface area contributed by atoms with Gasteiger partial charge >= 0.3 is 0 Å². The van der Waals surface area contributed by atoms with Crippen LogP contribution in [0.15, 0.2) is 24.3 Å². The van der Waals surface area contributed by atoms with E-state index in [2.05, 4.69) is 15.5 Å². The fourth-order valence-corrected chi connectivity index (χ4v) is 2.42. The molecule has 2 atom stereocenters. The lowest BCUT2D eigenvalue weighted by Gasteiger charge is -2.15. The molecule has 0 aliphatic carbocycles. The monoisotopic (exact) mass is 294 g/mol. The maximum Gasteiger partial charge on any atom is 0.223 e. The maximum absolute atomic E-state index is 10.9. The van der Waals surface area contributed by atoms with Crippen LogP contribution in [0.4, 0.5) is 10.8 Å². The molecule has 1 heterocycles. The molecule has 7 nitrogen and oxygen atoms in total. The Morgan fingerprint density at radius 3 is 2.75 bits per heavy atom. The number of hydrogen-bond acceptors (Lipinski definition) is 7. The van der Waals surface area contributed by atoms with Crippen LogP contribution < -0.4 is 11.1 Å². The number of anilines is 2. The molecule has 1 aromatic heterocycles. The molecule has 0 unspecified atom stereocenters. The summed E-state index contributed by atoms with van der Waals surface area (Å²) in [5.74, 6) is -0.279. The average Bonchev–Trinajstić information content (AvgIpc) is 2.84. The number of amides is 1. The number of rotatable bonds is 4. The van der Waals surface area contributed by atoms with Crippen molar-refractivity contribution in [1.82, 2.24) is 10.2 Å². The Kier molecular flexibility index (Phi) is 4.28. The first-order chi connectivity index (χ1) is 9.47. The van der Waals surface area contributed by atoms with Gasteiger partial charge in [0.2, 0.25) is 11.0 Å². The Labute approximate surface area is 119 Å². The second kappa shape index (κ2) is 5.95. The zero-order valence-electron chi connectivity index (χ0n) is 10.6. The van der Waals surface area contributed by atoms with Gasteiger partial charge in [-0.15, -0.1) is 10.2 Å². The predicted octanol–water partition coefficient (Wildman–Crippen LogP) is 0.846. The molecular formula is C12H14N4O3S. The van der Waals surface area contributed by atoms with E-state index in [9.17, 15) is 15.0 Å². The van der Waals surface area contributed by atoms with Crippen molar-refractivity contribution < 1.29 is 15.0 Å². The van der Waals surface area contributed by atoms with E-state index in [1.54, 1.807) is 24.3 Å². The number of benzene rings is 1. The fourth-order valence-electron chi connectivity index (χ4n) is 1.62. The third-order valence-electron chi connectivity index (χ3n) is 2.53. The van der Waals surface area contributed by atoms with Crippen LogP contribution in [0.25, 0.3) is 0 Å². The van der Waals surface area contributed by atoms with Gasteiger partial charge in [0.25, 0.3) is 0 Å². The maximum atomic E-state index is 10.9. The molecule has 0 bridgehead atoms. The highest BCUT2D eigenvalue weighted by Crippen LogP contribution is 2.32. The third kappa shape index (κ3) is 3.29. The van der Waals surface area contributed by atoms with E-state index in [0.717, 1.165) is 11.3 Å². The van der Waals surface area contributed by atoms with Gasteiger partial charge in [-0.05, 0) is 17.7 Å². The zero-order valence-corrected chi connectivity index (χ0v) is 11.5. The Bertz CT molecular complexity index is 616. The molecule has 0 aliphatic rings. The molecule has 8 heteroatoms. The lowest BCUT2D eigenvalue weighted by atomic mass is 10.0. The third-order valence-corrected chi connectivity index (χ3v) is 3.44. The number of aliphatic hydroxyl groups is 2. The number of carbonyl (C=O) groups excluding carboxylic acids is 1. The van der Waals surface area contributed by atoms with Crippen LogP contribution in [0, 0.1) is 0 Å². The first-order valence-electron chi connectivity index (χ1n) is 5.80. The second-order valence-corrected chi connectivity index (χ2v) is 5.20. The number of aliphatic hydroxyl groups excluding tert-OH is 2. The Balaban J connectivity index is 2.16. The number of nitrogens with one attached hydrogen (secondary N) is 1. The van der Waals surface area contributed by atoms with Crippen molar-refractivity contribution in [2.24, 2.45) is 0 Å². The van der Waals surface area contributed by atoms with Crippen molar-refractivity contribution in [3.05, 3.63) is 34.8 Å². The van der Waals surface area contributed by atoms with E-state index in [1.165, 1.54) is 6.92 Å². The highest BCUT2D eigenvalue weighted by molar-refractivity contribution is 7.15. The quantitative estimate of drug-likeness (QED) is 0.620. The molecule has 0 radical (unpaired) electrons. The summed E-state index contributed by atoms with van der Waals surface area (Å²) >= 11 is 1.00. The van der Waals surface area contributed by atoms with E-state index in [-0.39, 0.29) is 16.0 Å². The largest absolute Gasteiger partial charge is 0.399 e. The van der Waals surface area contributed by atoms with Crippen molar-refractivity contribution >= 4 is 28.1 Å². The fraction of sp³-hybridized carbons (Fsp3) is 0.250. The molecule has 0 aliphatic heterocycles. The summed E-state index contributed by atoms with van der Waals surface area (Å²) in [5.41, 5.74) is 6.60. The summed E-state index contributed by atoms with van der Waals surface area (Å²) in [7, 11) is 0. The van der Waals surface area contributed by atoms with Crippen LogP contribution in [0.2, 0.25) is 0 Å². The Hall–Kier alpha value is -2.03. The van der Waals surface area contributed by atoms with Gasteiger partial charge in [0, 0.05) is 12.6 Å². The van der Waals surface area contributed by atoms with Crippen molar-refractivity contribution in [1.29, 1.82) is 0 Å². The molecule has 0 spiro atoms. The molecule has 0 saturated heterocycles. The van der Waals surface area contributed by atoms with E-state index in [0.29, 0.717) is 11.3 Å². The molecule has 5 N–H and O–H groups in total. The van der Waals surface area contributed by atoms with Gasteiger partial charge < -0.3 is 21.3 Å². The molecule has 2 aromatic rings. The summed E-state index contributed by atoms with van der Waals surface area (Å²) in [6.07, 6.45) is -2.41. The molecule has 2 rings (SSSR count). The Morgan fingerprint density at radius 1 is 1.35 bits per heavy atom. The van der Waals surface area contributed by atoms with Gasteiger partial charge in [0.1, 0.15) is 12.2 Å². The number of nitrogens with two attached hydrogens (primary N) is 1. The number of carbonyl (C=O) groups is 1. The number of nitrogen functional groups attached to an aromatic ring is 1. The van der Waals surface area contributed by atoms with Crippen molar-refractivity contribution in [3.63, 3.8) is 0 Å². The van der Waals surface area contributed by atoms with Crippen LogP contribution in [-0.2, 0) is 4.79 Å². The molecule has 1 amide bonds. The van der Waals surface area contributed by atoms with Crippen LogP contribution >= 0.6 is 11.3 Å². The predicted molar refractivity (Wildman–Crippen MR) is 75.0 cm³/mol. The summed E-state index contributed by atoms with van der Waals surface area (Å²) in [6.45, 7) is 1.35. The van der Waals surface area contributed by atoms with Crippen molar-refractivity contribution in [2.45, 2.75) is 19.1 Å². The number of aromatic nitrogens is 2. The van der Waals surface area contributed by atoms with Gasteiger partial charge in [-0.1, -0.05) is 23.5 Å². The molecule has 0 saturated carbocycles. The lowest BCUT2D eigenvalue weighted by Crippen LogP contribution is -2.10. The van der Waals surface area contributed by atoms with Crippen LogP contribution in [-0.4, -0.2) is 26.3 Å². The SMILES string of the molecule is CC(=O)Nc1nnc([C@@H](O)[C@@H](O)c2cccc(N)c2)s1. The molecule has 20 heavy (non-hydrogen) atoms. The average molecular weight is 294 g/mol. The summed E-state index contributed by atoms with van der Waals surface area (Å²) in [6, 6.07) is 6.59. The van der Waals surface area contributed by atoms with Gasteiger partial charge in [0.05, 0.1) is 0 Å². The standard InChI is InChI=1S/C12H14N4O3S/c1-6(17)14-12-16-15-11(20-12)10(19)9(18)7-3-2-4-8(13)5-7/h2-5,9-10,18-19H,13H2,1H3,(H,14,16,17)/t9-,10-/m0/s1. The Morgan fingerprint density at radius 2 is 2.10 bits per heavy atom. The summed E-state index contributed by atoms with van der Waals surface area (Å²) in [5, 5.41) is 30.6. The van der Waals surface area contributed by atoms with Gasteiger partial charge in [-0.2, -0.15) is 0 Å². The van der Waals surface area contributed by atoms with Crippen LogP contribution in [0.1, 0.15) is 29.7 Å². The highest BCUT2D eigenvalue weighted by atomic mass is 32.1. The topological polar surface area (TPSA) is 121 Å². The van der Waals surface area contributed by atoms with E-state index < -0.39 is 12.2 Å². The van der Waals surface area contributed by atoms with Crippen molar-refractivity contribution in [3.8, 4) is 0 Å². The second-order valence-electron chi connectivity index (χ2n) is 4.19.